The third-order valence-corrected chi connectivity index (χ3v) is 4.56. The van der Waals surface area contributed by atoms with E-state index in [0.29, 0.717) is 25.0 Å². The van der Waals surface area contributed by atoms with E-state index in [0.717, 1.165) is 6.42 Å². The first kappa shape index (κ1) is 12.6. The number of hydrogen-bond acceptors (Lipinski definition) is 3. The highest BCUT2D eigenvalue weighted by Crippen LogP contribution is 2.49. The highest BCUT2D eigenvalue weighted by molar-refractivity contribution is 5.65. The molecular weight excluding hydrogens is 216 g/mol. The molecule has 1 saturated heterocycles. The lowest BCUT2D eigenvalue weighted by Crippen LogP contribution is -2.52. The van der Waals surface area contributed by atoms with Gasteiger partial charge >= 0.3 is 5.97 Å². The second-order valence-electron chi connectivity index (χ2n) is 5.63. The van der Waals surface area contributed by atoms with Gasteiger partial charge in [0.05, 0.1) is 19.3 Å². The second kappa shape index (κ2) is 4.45. The highest BCUT2D eigenvalue weighted by Gasteiger charge is 2.49. The molecule has 0 saturated carbocycles. The Morgan fingerprint density at radius 3 is 2.94 bits per heavy atom. The van der Waals surface area contributed by atoms with E-state index in [1.165, 1.54) is 12.5 Å². The van der Waals surface area contributed by atoms with Crippen molar-refractivity contribution in [3.63, 3.8) is 0 Å². The summed E-state index contributed by atoms with van der Waals surface area (Å²) in [7, 11) is 0. The third kappa shape index (κ3) is 2.13. The van der Waals surface area contributed by atoms with Gasteiger partial charge in [0, 0.05) is 18.3 Å². The van der Waals surface area contributed by atoms with Gasteiger partial charge < -0.3 is 9.47 Å². The van der Waals surface area contributed by atoms with Crippen molar-refractivity contribution >= 4 is 5.97 Å². The van der Waals surface area contributed by atoms with Crippen LogP contribution in [0.25, 0.3) is 0 Å². The van der Waals surface area contributed by atoms with Crippen LogP contribution in [0.15, 0.2) is 11.6 Å². The molecular formula is C14H22O3. The van der Waals surface area contributed by atoms with E-state index in [4.69, 9.17) is 9.47 Å². The Bertz CT molecular complexity index is 347. The minimum Gasteiger partial charge on any atom is -0.465 e. The number of esters is 1. The van der Waals surface area contributed by atoms with Crippen LogP contribution in [0.4, 0.5) is 0 Å². The number of fused-ring (bicyclic) bond motifs is 2. The van der Waals surface area contributed by atoms with E-state index >= 15 is 0 Å². The van der Waals surface area contributed by atoms with Crippen LogP contribution in [0, 0.1) is 17.3 Å². The molecule has 3 nitrogen and oxygen atoms in total. The molecule has 0 amide bonds. The van der Waals surface area contributed by atoms with E-state index < -0.39 is 0 Å². The van der Waals surface area contributed by atoms with Crippen molar-refractivity contribution in [2.45, 2.75) is 40.2 Å². The van der Waals surface area contributed by atoms with Crippen LogP contribution in [0.1, 0.15) is 34.1 Å². The van der Waals surface area contributed by atoms with Gasteiger partial charge in [-0.15, -0.1) is 0 Å². The van der Waals surface area contributed by atoms with Crippen molar-refractivity contribution in [1.29, 1.82) is 0 Å². The molecule has 1 heterocycles. The lowest BCUT2D eigenvalue weighted by atomic mass is 9.60. The van der Waals surface area contributed by atoms with Gasteiger partial charge in [0.15, 0.2) is 0 Å². The predicted octanol–water partition coefficient (Wildman–Crippen LogP) is 2.56. The van der Waals surface area contributed by atoms with Crippen molar-refractivity contribution in [2.75, 3.05) is 13.2 Å². The van der Waals surface area contributed by atoms with Gasteiger partial charge in [-0.05, 0) is 26.2 Å². The van der Waals surface area contributed by atoms with Gasteiger partial charge in [-0.1, -0.05) is 18.6 Å². The van der Waals surface area contributed by atoms with Gasteiger partial charge in [-0.25, -0.2) is 0 Å². The zero-order valence-corrected chi connectivity index (χ0v) is 11.2. The minimum absolute atomic E-state index is 0.0116. The summed E-state index contributed by atoms with van der Waals surface area (Å²) >= 11 is 0. The molecule has 2 aliphatic rings. The van der Waals surface area contributed by atoms with Crippen LogP contribution in [0.3, 0.4) is 0 Å². The number of carbonyl (C=O) groups excluding carboxylic acids is 1. The zero-order chi connectivity index (χ0) is 12.6. The van der Waals surface area contributed by atoms with E-state index in [1.54, 1.807) is 0 Å². The van der Waals surface area contributed by atoms with Crippen LogP contribution < -0.4 is 0 Å². The molecule has 2 bridgehead atoms. The van der Waals surface area contributed by atoms with Crippen LogP contribution in [-0.2, 0) is 14.3 Å². The van der Waals surface area contributed by atoms with Crippen LogP contribution >= 0.6 is 0 Å². The SMILES string of the molecule is CC(=O)OC[C@@]12CC=C(C)[C@@H]([C@H](C)OC1)[C@@H]2C. The molecule has 3 heteroatoms. The summed E-state index contributed by atoms with van der Waals surface area (Å²) in [5, 5.41) is 0. The fraction of sp³-hybridized carbons (Fsp3) is 0.786. The summed E-state index contributed by atoms with van der Waals surface area (Å²) in [5.74, 6) is 0.775. The molecule has 0 aromatic heterocycles. The van der Waals surface area contributed by atoms with Gasteiger partial charge in [0.2, 0.25) is 0 Å². The van der Waals surface area contributed by atoms with E-state index in [9.17, 15) is 4.79 Å². The van der Waals surface area contributed by atoms with Gasteiger partial charge in [0.1, 0.15) is 0 Å². The molecule has 1 fully saturated rings. The van der Waals surface area contributed by atoms with Crippen molar-refractivity contribution in [3.05, 3.63) is 11.6 Å². The summed E-state index contributed by atoms with van der Waals surface area (Å²) in [4.78, 5) is 11.0. The van der Waals surface area contributed by atoms with Gasteiger partial charge in [-0.2, -0.15) is 0 Å². The summed E-state index contributed by atoms with van der Waals surface area (Å²) < 4.78 is 11.1. The Hall–Kier alpha value is -0.830. The smallest absolute Gasteiger partial charge is 0.302 e. The van der Waals surface area contributed by atoms with E-state index in [2.05, 4.69) is 26.8 Å². The molecule has 0 aromatic carbocycles. The van der Waals surface area contributed by atoms with E-state index in [1.807, 2.05) is 0 Å². The summed E-state index contributed by atoms with van der Waals surface area (Å²) in [6, 6.07) is 0. The average molecular weight is 238 g/mol. The Morgan fingerprint density at radius 2 is 2.29 bits per heavy atom. The monoisotopic (exact) mass is 238 g/mol. The Balaban J connectivity index is 2.21. The lowest BCUT2D eigenvalue weighted by Gasteiger charge is -2.51. The molecule has 4 atom stereocenters. The topological polar surface area (TPSA) is 35.5 Å². The quantitative estimate of drug-likeness (QED) is 0.548. The van der Waals surface area contributed by atoms with Crippen molar-refractivity contribution in [1.82, 2.24) is 0 Å². The van der Waals surface area contributed by atoms with Crippen molar-refractivity contribution < 1.29 is 14.3 Å². The predicted molar refractivity (Wildman–Crippen MR) is 65.5 cm³/mol. The molecule has 2 rings (SSSR count). The molecule has 0 N–H and O–H groups in total. The molecule has 0 radical (unpaired) electrons. The maximum absolute atomic E-state index is 11.0. The third-order valence-electron chi connectivity index (χ3n) is 4.56. The largest absolute Gasteiger partial charge is 0.465 e. The highest BCUT2D eigenvalue weighted by atomic mass is 16.5. The first-order valence-electron chi connectivity index (χ1n) is 6.38. The fourth-order valence-corrected chi connectivity index (χ4v) is 3.31. The van der Waals surface area contributed by atoms with Gasteiger partial charge in [0.25, 0.3) is 0 Å². The average Bonchev–Trinajstić information content (AvgIpc) is 2.26. The Kier molecular flexibility index (Phi) is 3.30. The van der Waals surface area contributed by atoms with Crippen molar-refractivity contribution in [2.24, 2.45) is 17.3 Å². The number of hydrogen-bond donors (Lipinski definition) is 0. The molecule has 1 aliphatic heterocycles. The van der Waals surface area contributed by atoms with Crippen molar-refractivity contribution in [3.8, 4) is 0 Å². The Labute approximate surface area is 103 Å². The zero-order valence-electron chi connectivity index (χ0n) is 11.2. The lowest BCUT2D eigenvalue weighted by molar-refractivity contribution is -0.165. The molecule has 0 spiro atoms. The second-order valence-corrected chi connectivity index (χ2v) is 5.63. The van der Waals surface area contributed by atoms with Crippen LogP contribution in [-0.4, -0.2) is 25.3 Å². The number of allylic oxidation sites excluding steroid dienone is 1. The van der Waals surface area contributed by atoms with Crippen LogP contribution in [0.5, 0.6) is 0 Å². The first-order valence-corrected chi connectivity index (χ1v) is 6.38. The minimum atomic E-state index is -0.201. The maximum atomic E-state index is 11.0. The molecule has 0 unspecified atom stereocenters. The van der Waals surface area contributed by atoms with E-state index in [-0.39, 0.29) is 17.5 Å². The number of carbonyl (C=O) groups is 1. The van der Waals surface area contributed by atoms with Gasteiger partial charge in [-0.3, -0.25) is 4.79 Å². The normalized spacial score (nSPS) is 40.7. The molecule has 17 heavy (non-hydrogen) atoms. The first-order chi connectivity index (χ1) is 7.96. The Morgan fingerprint density at radius 1 is 1.59 bits per heavy atom. The summed E-state index contributed by atoms with van der Waals surface area (Å²) in [6.07, 6.45) is 3.52. The summed E-state index contributed by atoms with van der Waals surface area (Å²) in [6.45, 7) is 9.24. The molecule has 96 valence electrons. The number of ether oxygens (including phenoxy) is 2. The molecule has 0 aromatic rings. The summed E-state index contributed by atoms with van der Waals surface area (Å²) in [5.41, 5.74) is 1.41. The number of rotatable bonds is 2. The standard InChI is InChI=1S/C14H22O3/c1-9-5-6-14(8-17-12(4)15)7-16-11(3)13(9)10(14)2/h5,10-11,13H,6-8H2,1-4H3/t10-,11-,13+,14+/m0/s1. The fourth-order valence-electron chi connectivity index (χ4n) is 3.31. The molecule has 1 aliphatic carbocycles. The van der Waals surface area contributed by atoms with Crippen LogP contribution in [0.2, 0.25) is 0 Å². The maximum Gasteiger partial charge on any atom is 0.302 e.